The number of nitrogens with zero attached hydrogens (tertiary/aromatic N) is 2. The zero-order valence-electron chi connectivity index (χ0n) is 24.3. The second-order valence-corrected chi connectivity index (χ2v) is 12.6. The molecule has 220 valence electrons. The third-order valence-electron chi connectivity index (χ3n) is 10.4. The van der Waals surface area contributed by atoms with Gasteiger partial charge in [-0.1, -0.05) is 46.5 Å². The van der Waals surface area contributed by atoms with E-state index in [1.807, 2.05) is 0 Å². The fourth-order valence-electron chi connectivity index (χ4n) is 8.54. The van der Waals surface area contributed by atoms with Gasteiger partial charge in [-0.3, -0.25) is 25.4 Å². The molecule has 2 bridgehead atoms. The Labute approximate surface area is 233 Å². The Morgan fingerprint density at radius 2 is 2.03 bits per heavy atom. The number of nitrogens with two attached hydrogens (primary N) is 1. The van der Waals surface area contributed by atoms with Crippen LogP contribution in [0.3, 0.4) is 0 Å². The van der Waals surface area contributed by atoms with Crippen molar-refractivity contribution in [3.8, 4) is 0 Å². The summed E-state index contributed by atoms with van der Waals surface area (Å²) >= 11 is 0. The van der Waals surface area contributed by atoms with Crippen molar-refractivity contribution in [3.05, 3.63) is 11.8 Å². The molecule has 5 rings (SSSR count). The quantitative estimate of drug-likeness (QED) is 0.233. The number of halogens is 1. The van der Waals surface area contributed by atoms with Crippen LogP contribution in [0.1, 0.15) is 85.5 Å². The Morgan fingerprint density at radius 3 is 2.72 bits per heavy atom. The zero-order valence-corrected chi connectivity index (χ0v) is 24.3. The van der Waals surface area contributed by atoms with Crippen molar-refractivity contribution in [2.45, 2.75) is 128 Å². The van der Waals surface area contributed by atoms with Gasteiger partial charge in [0.1, 0.15) is 6.17 Å². The lowest BCUT2D eigenvalue weighted by Crippen LogP contribution is -2.61. The number of hydrogen-bond donors (Lipinski definition) is 6. The molecule has 1 saturated carbocycles. The van der Waals surface area contributed by atoms with E-state index in [0.717, 1.165) is 63.6 Å². The summed E-state index contributed by atoms with van der Waals surface area (Å²) in [7, 11) is 0. The third-order valence-corrected chi connectivity index (χ3v) is 10.4. The first-order valence-electron chi connectivity index (χ1n) is 15.5. The van der Waals surface area contributed by atoms with Crippen LogP contribution in [-0.4, -0.2) is 73.0 Å². The van der Waals surface area contributed by atoms with E-state index in [2.05, 4.69) is 65.5 Å². The maximum atomic E-state index is 15.2. The molecule has 3 fully saturated rings. The molecule has 0 aromatic heterocycles. The van der Waals surface area contributed by atoms with Crippen LogP contribution >= 0.6 is 0 Å². The highest BCUT2D eigenvalue weighted by Crippen LogP contribution is 2.74. The van der Waals surface area contributed by atoms with Gasteiger partial charge in [0.05, 0.1) is 42.7 Å². The van der Waals surface area contributed by atoms with Gasteiger partial charge in [0.15, 0.2) is 0 Å². The van der Waals surface area contributed by atoms with Crippen LogP contribution in [0.5, 0.6) is 0 Å². The first-order chi connectivity index (χ1) is 18.8. The smallest absolute Gasteiger partial charge is 0.228 e. The minimum Gasteiger partial charge on any atom is -0.346 e. The summed E-state index contributed by atoms with van der Waals surface area (Å²) in [5.41, 5.74) is 11.2. The molecule has 10 heteroatoms. The fourth-order valence-corrected chi connectivity index (χ4v) is 8.54. The molecule has 5 aliphatic rings. The van der Waals surface area contributed by atoms with Gasteiger partial charge in [-0.05, 0) is 55.9 Å². The number of hydrazine groups is 1. The van der Waals surface area contributed by atoms with E-state index < -0.39 is 18.3 Å². The highest BCUT2D eigenvalue weighted by Gasteiger charge is 2.76. The van der Waals surface area contributed by atoms with E-state index >= 15 is 4.39 Å². The van der Waals surface area contributed by atoms with Crippen molar-refractivity contribution in [2.75, 3.05) is 13.2 Å². The van der Waals surface area contributed by atoms with Crippen LogP contribution in [0, 0.1) is 16.7 Å². The fraction of sp³-hybridized carbons (Fsp3) is 0.862. The summed E-state index contributed by atoms with van der Waals surface area (Å²) in [6.45, 7) is 10.1. The molecule has 0 aromatic carbocycles. The Morgan fingerprint density at radius 1 is 1.21 bits per heavy atom. The number of alkyl halides is 1. The molecule has 4 aliphatic heterocycles. The molecule has 0 radical (unpaired) electrons. The Balaban J connectivity index is 1.41. The lowest BCUT2D eigenvalue weighted by atomic mass is 9.76. The first kappa shape index (κ1) is 28.9. The summed E-state index contributed by atoms with van der Waals surface area (Å²) < 4.78 is 15.2. The molecule has 0 aromatic rings. The molecule has 1 amide bonds. The second-order valence-electron chi connectivity index (χ2n) is 12.6. The van der Waals surface area contributed by atoms with Crippen LogP contribution in [0.4, 0.5) is 4.39 Å². The van der Waals surface area contributed by atoms with Crippen LogP contribution in [-0.2, 0) is 4.79 Å². The minimum absolute atomic E-state index is 0.0582. The Bertz CT molecular complexity index is 946. The summed E-state index contributed by atoms with van der Waals surface area (Å²) in [6.07, 6.45) is 10.8. The van der Waals surface area contributed by atoms with Crippen molar-refractivity contribution in [1.82, 2.24) is 31.7 Å². The van der Waals surface area contributed by atoms with E-state index in [9.17, 15) is 4.79 Å². The molecule has 39 heavy (non-hydrogen) atoms. The summed E-state index contributed by atoms with van der Waals surface area (Å²) in [5, 5.41) is 16.3. The molecule has 4 heterocycles. The third kappa shape index (κ3) is 5.16. The normalized spacial score (nSPS) is 43.3. The molecule has 10 unspecified atom stereocenters. The average molecular weight is 547 g/mol. The van der Waals surface area contributed by atoms with Crippen molar-refractivity contribution < 1.29 is 9.18 Å². The van der Waals surface area contributed by atoms with Crippen LogP contribution in [0.25, 0.3) is 0 Å². The number of fused-ring (bicyclic) bond motifs is 2. The highest BCUT2D eigenvalue weighted by molar-refractivity contribution is 5.81. The standard InChI is InChI=1S/C29H51FN8O/c1-5-8-9-10-20-24(22(11-13-32-20)38-17-34-18(4)37-38)35-26(39)23-21-15-29(12-6-2)27(36-25(23)31)28(29,7-3)14-19(30)16-33-21/h11,16,18-21,23-25,27,32,34,36-37H,5-10,12-15,17,31H2,1-4H3,(H,35,39). The molecule has 7 N–H and O–H groups in total. The van der Waals surface area contributed by atoms with Gasteiger partial charge in [0.2, 0.25) is 5.91 Å². The van der Waals surface area contributed by atoms with Gasteiger partial charge >= 0.3 is 0 Å². The van der Waals surface area contributed by atoms with Crippen LogP contribution in [0.15, 0.2) is 16.8 Å². The van der Waals surface area contributed by atoms with Crippen molar-refractivity contribution >= 4 is 12.1 Å². The minimum atomic E-state index is -1.09. The first-order valence-corrected chi connectivity index (χ1v) is 15.5. The van der Waals surface area contributed by atoms with Crippen LogP contribution in [0.2, 0.25) is 0 Å². The number of carbonyl (C=O) groups is 1. The maximum absolute atomic E-state index is 15.2. The predicted octanol–water partition coefficient (Wildman–Crippen LogP) is 2.26. The SMILES string of the molecule is CCCCCC1NCC=C(N2CNC(C)N2)C1NC(=O)C1C2CC3(CCC)C(NC1N)C3(CC)CC(F)C=N2. The second kappa shape index (κ2) is 11.7. The number of carbonyl (C=O) groups excluding carboxylic acids is 1. The van der Waals surface area contributed by atoms with Gasteiger partial charge in [0, 0.05) is 24.8 Å². The number of nitrogens with one attached hydrogen (secondary N) is 5. The predicted molar refractivity (Wildman–Crippen MR) is 153 cm³/mol. The molecular weight excluding hydrogens is 495 g/mol. The van der Waals surface area contributed by atoms with Crippen molar-refractivity contribution in [1.29, 1.82) is 0 Å². The van der Waals surface area contributed by atoms with E-state index in [1.165, 1.54) is 6.21 Å². The summed E-state index contributed by atoms with van der Waals surface area (Å²) in [6, 6.07) is -0.291. The highest BCUT2D eigenvalue weighted by atomic mass is 19.1. The topological polar surface area (TPSA) is 119 Å². The number of aliphatic imine (C=N–C) groups is 1. The Kier molecular flexibility index (Phi) is 8.69. The van der Waals surface area contributed by atoms with Gasteiger partial charge in [-0.15, -0.1) is 0 Å². The molecular formula is C29H51FN8O. The zero-order chi connectivity index (χ0) is 27.8. The van der Waals surface area contributed by atoms with E-state index in [1.54, 1.807) is 0 Å². The monoisotopic (exact) mass is 546 g/mol. The summed E-state index contributed by atoms with van der Waals surface area (Å²) in [4.78, 5) is 19.0. The lowest BCUT2D eigenvalue weighted by Gasteiger charge is -2.40. The van der Waals surface area contributed by atoms with Gasteiger partial charge in [-0.2, -0.15) is 0 Å². The lowest BCUT2D eigenvalue weighted by molar-refractivity contribution is -0.127. The van der Waals surface area contributed by atoms with E-state index in [4.69, 9.17) is 10.7 Å². The summed E-state index contributed by atoms with van der Waals surface area (Å²) in [5.74, 6) is -0.658. The maximum Gasteiger partial charge on any atom is 0.228 e. The Hall–Kier alpha value is -1.59. The molecule has 10 atom stereocenters. The van der Waals surface area contributed by atoms with E-state index in [0.29, 0.717) is 13.1 Å². The molecule has 1 aliphatic carbocycles. The van der Waals surface area contributed by atoms with E-state index in [-0.39, 0.29) is 47.1 Å². The molecule has 0 spiro atoms. The number of unbranched alkanes of at least 4 members (excludes halogenated alkanes) is 2. The molecule has 2 saturated heterocycles. The number of amides is 1. The van der Waals surface area contributed by atoms with Crippen molar-refractivity contribution in [3.63, 3.8) is 0 Å². The number of rotatable bonds is 10. The van der Waals surface area contributed by atoms with Crippen molar-refractivity contribution in [2.24, 2.45) is 27.5 Å². The largest absolute Gasteiger partial charge is 0.346 e. The number of hydrogen-bond acceptors (Lipinski definition) is 8. The molecule has 9 nitrogen and oxygen atoms in total. The van der Waals surface area contributed by atoms with Gasteiger partial charge in [-0.25, -0.2) is 9.82 Å². The van der Waals surface area contributed by atoms with Gasteiger partial charge in [0.25, 0.3) is 0 Å². The average Bonchev–Trinajstić information content (AvgIpc) is 3.16. The van der Waals surface area contributed by atoms with Gasteiger partial charge < -0.3 is 16.4 Å². The van der Waals surface area contributed by atoms with Crippen LogP contribution < -0.4 is 32.4 Å².